The van der Waals surface area contributed by atoms with Gasteiger partial charge in [0, 0.05) is 37.7 Å². The molecule has 2 N–H and O–H groups in total. The number of imidazole rings is 1. The molecular formula is C22H25N7. The average molecular weight is 387 g/mol. The number of H-pyrrole nitrogens is 1. The fraction of sp³-hybridized carbons (Fsp3) is 0.409. The van der Waals surface area contributed by atoms with Gasteiger partial charge < -0.3 is 15.2 Å². The number of anilines is 1. The van der Waals surface area contributed by atoms with Gasteiger partial charge in [-0.05, 0) is 44.0 Å². The highest BCUT2D eigenvalue weighted by molar-refractivity contribution is 5.80. The van der Waals surface area contributed by atoms with E-state index in [0.717, 1.165) is 61.5 Å². The molecule has 1 aromatic carbocycles. The highest BCUT2D eigenvalue weighted by Gasteiger charge is 2.34. The van der Waals surface area contributed by atoms with Crippen molar-refractivity contribution in [2.24, 2.45) is 0 Å². The number of rotatable bonds is 2. The van der Waals surface area contributed by atoms with E-state index < -0.39 is 0 Å². The first-order chi connectivity index (χ1) is 14.2. The van der Waals surface area contributed by atoms with Gasteiger partial charge in [0.25, 0.3) is 0 Å². The summed E-state index contributed by atoms with van der Waals surface area (Å²) in [6, 6.07) is 6.32. The van der Waals surface area contributed by atoms with E-state index in [1.165, 1.54) is 28.2 Å². The predicted molar refractivity (Wildman–Crippen MR) is 114 cm³/mol. The van der Waals surface area contributed by atoms with Gasteiger partial charge in [0.2, 0.25) is 0 Å². The van der Waals surface area contributed by atoms with Crippen molar-refractivity contribution >= 4 is 22.5 Å². The van der Waals surface area contributed by atoms with Crippen LogP contribution in [0.15, 0.2) is 24.4 Å². The summed E-state index contributed by atoms with van der Waals surface area (Å²) in [7, 11) is 0. The second kappa shape index (κ2) is 6.29. The van der Waals surface area contributed by atoms with Gasteiger partial charge >= 0.3 is 0 Å². The molecule has 0 aliphatic carbocycles. The topological polar surface area (TPSA) is 74.1 Å². The van der Waals surface area contributed by atoms with Crippen molar-refractivity contribution in [3.05, 3.63) is 52.6 Å². The molecule has 0 bridgehead atoms. The van der Waals surface area contributed by atoms with Gasteiger partial charge in [0.15, 0.2) is 5.65 Å². The minimum atomic E-state index is 0.417. The van der Waals surface area contributed by atoms with Crippen molar-refractivity contribution in [2.45, 2.75) is 32.6 Å². The molecular weight excluding hydrogens is 362 g/mol. The molecule has 1 saturated heterocycles. The number of fused-ring (bicyclic) bond motifs is 3. The van der Waals surface area contributed by atoms with E-state index >= 15 is 0 Å². The first-order valence-corrected chi connectivity index (χ1v) is 10.5. The Morgan fingerprint density at radius 3 is 2.79 bits per heavy atom. The number of benzene rings is 1. The molecule has 0 radical (unpaired) electrons. The minimum Gasteiger partial charge on any atom is -0.355 e. The Bertz CT molecular complexity index is 1230. The molecule has 5 heterocycles. The first-order valence-electron chi connectivity index (χ1n) is 10.5. The van der Waals surface area contributed by atoms with Gasteiger partial charge in [-0.25, -0.2) is 9.97 Å². The Kier molecular flexibility index (Phi) is 3.68. The summed E-state index contributed by atoms with van der Waals surface area (Å²) in [6.07, 6.45) is 3.83. The lowest BCUT2D eigenvalue weighted by molar-refractivity contribution is 0.494. The third-order valence-corrected chi connectivity index (χ3v) is 6.55. The van der Waals surface area contributed by atoms with Crippen LogP contribution in [0.4, 0.5) is 5.82 Å². The standard InChI is InChI=1S/C22H25N7/c1-13-3-4-18-20(14(13)2)27-21(26-18)15-11-28(12-15)22-16-5-8-23-9-6-17(16)25-19-7-10-24-29(19)22/h3-4,7,10,15,23H,5-6,8-9,11-12H2,1-2H3,(H,26,27). The van der Waals surface area contributed by atoms with Gasteiger partial charge in [0.1, 0.15) is 11.6 Å². The Labute approximate surface area is 169 Å². The minimum absolute atomic E-state index is 0.417. The van der Waals surface area contributed by atoms with Crippen LogP contribution in [0.25, 0.3) is 16.7 Å². The zero-order valence-corrected chi connectivity index (χ0v) is 16.9. The Morgan fingerprint density at radius 1 is 1.03 bits per heavy atom. The van der Waals surface area contributed by atoms with E-state index in [2.05, 4.69) is 46.3 Å². The number of hydrogen-bond acceptors (Lipinski definition) is 5. The molecule has 2 aliphatic rings. The average Bonchev–Trinajstić information content (AvgIpc) is 3.25. The Balaban J connectivity index is 1.35. The van der Waals surface area contributed by atoms with Gasteiger partial charge in [0.05, 0.1) is 28.8 Å². The Morgan fingerprint density at radius 2 is 1.90 bits per heavy atom. The van der Waals surface area contributed by atoms with Crippen molar-refractivity contribution in [3.8, 4) is 0 Å². The van der Waals surface area contributed by atoms with Crippen LogP contribution >= 0.6 is 0 Å². The molecule has 0 saturated carbocycles. The summed E-state index contributed by atoms with van der Waals surface area (Å²) in [5.41, 5.74) is 8.32. The smallest absolute Gasteiger partial charge is 0.157 e. The zero-order chi connectivity index (χ0) is 19.5. The van der Waals surface area contributed by atoms with E-state index in [9.17, 15) is 0 Å². The SMILES string of the molecule is Cc1ccc2[nH]c(C3CN(c4c5c(nc6ccnn46)CCNCC5)C3)nc2c1C. The normalized spacial score (nSPS) is 17.5. The third-order valence-electron chi connectivity index (χ3n) is 6.55. The van der Waals surface area contributed by atoms with Crippen LogP contribution in [0.2, 0.25) is 0 Å². The van der Waals surface area contributed by atoms with Crippen LogP contribution in [0.3, 0.4) is 0 Å². The molecule has 148 valence electrons. The molecule has 2 aliphatic heterocycles. The third kappa shape index (κ3) is 2.57. The first kappa shape index (κ1) is 17.0. The molecule has 29 heavy (non-hydrogen) atoms. The predicted octanol–water partition coefficient (Wildman–Crippen LogP) is 2.51. The molecule has 1 fully saturated rings. The molecule has 0 spiro atoms. The van der Waals surface area contributed by atoms with Crippen LogP contribution < -0.4 is 10.2 Å². The van der Waals surface area contributed by atoms with Crippen LogP contribution in [0.5, 0.6) is 0 Å². The van der Waals surface area contributed by atoms with E-state index in [-0.39, 0.29) is 0 Å². The largest absolute Gasteiger partial charge is 0.355 e. The molecule has 0 unspecified atom stereocenters. The van der Waals surface area contributed by atoms with Crippen molar-refractivity contribution in [2.75, 3.05) is 31.1 Å². The lowest BCUT2D eigenvalue weighted by Crippen LogP contribution is -2.47. The van der Waals surface area contributed by atoms with E-state index in [0.29, 0.717) is 5.92 Å². The van der Waals surface area contributed by atoms with Gasteiger partial charge in [-0.3, -0.25) is 0 Å². The number of nitrogens with one attached hydrogen (secondary N) is 2. The van der Waals surface area contributed by atoms with Crippen molar-refractivity contribution in [1.82, 2.24) is 29.9 Å². The maximum atomic E-state index is 4.95. The summed E-state index contributed by atoms with van der Waals surface area (Å²) in [5, 5.41) is 8.08. The van der Waals surface area contributed by atoms with Crippen LogP contribution in [0.1, 0.15) is 34.1 Å². The zero-order valence-electron chi connectivity index (χ0n) is 16.9. The molecule has 6 rings (SSSR count). The molecule has 7 heteroatoms. The summed E-state index contributed by atoms with van der Waals surface area (Å²) in [4.78, 5) is 15.8. The molecule has 4 aromatic rings. The summed E-state index contributed by atoms with van der Waals surface area (Å²) in [6.45, 7) is 8.20. The van der Waals surface area contributed by atoms with Gasteiger partial charge in [-0.2, -0.15) is 9.61 Å². The molecule has 0 atom stereocenters. The number of aromatic nitrogens is 5. The second-order valence-corrected chi connectivity index (χ2v) is 8.34. The van der Waals surface area contributed by atoms with Crippen LogP contribution in [-0.2, 0) is 12.8 Å². The van der Waals surface area contributed by atoms with Crippen molar-refractivity contribution in [1.29, 1.82) is 0 Å². The molecule has 7 nitrogen and oxygen atoms in total. The monoisotopic (exact) mass is 387 g/mol. The number of nitrogens with zero attached hydrogens (tertiary/aromatic N) is 5. The summed E-state index contributed by atoms with van der Waals surface area (Å²) >= 11 is 0. The van der Waals surface area contributed by atoms with Gasteiger partial charge in [-0.15, -0.1) is 0 Å². The fourth-order valence-corrected chi connectivity index (χ4v) is 4.69. The van der Waals surface area contributed by atoms with E-state index in [1.54, 1.807) is 0 Å². The second-order valence-electron chi connectivity index (χ2n) is 8.34. The molecule has 0 amide bonds. The maximum Gasteiger partial charge on any atom is 0.157 e. The van der Waals surface area contributed by atoms with Crippen molar-refractivity contribution in [3.63, 3.8) is 0 Å². The maximum absolute atomic E-state index is 4.95. The highest BCUT2D eigenvalue weighted by atomic mass is 15.4. The number of aryl methyl sites for hydroxylation is 2. The fourth-order valence-electron chi connectivity index (χ4n) is 4.69. The summed E-state index contributed by atoms with van der Waals surface area (Å²) < 4.78 is 2.02. The Hall–Kier alpha value is -2.93. The van der Waals surface area contributed by atoms with Crippen LogP contribution in [0, 0.1) is 13.8 Å². The van der Waals surface area contributed by atoms with E-state index in [4.69, 9.17) is 9.97 Å². The van der Waals surface area contributed by atoms with Gasteiger partial charge in [-0.1, -0.05) is 6.07 Å². The summed E-state index contributed by atoms with van der Waals surface area (Å²) in [5.74, 6) is 2.74. The highest BCUT2D eigenvalue weighted by Crippen LogP contribution is 2.35. The van der Waals surface area contributed by atoms with E-state index in [1.807, 2.05) is 16.8 Å². The lowest BCUT2D eigenvalue weighted by atomic mass is 9.97. The lowest BCUT2D eigenvalue weighted by Gasteiger charge is -2.41. The molecule has 3 aromatic heterocycles. The number of hydrogen-bond donors (Lipinski definition) is 2. The number of aromatic amines is 1. The van der Waals surface area contributed by atoms with Crippen molar-refractivity contribution < 1.29 is 0 Å². The van der Waals surface area contributed by atoms with Crippen LogP contribution in [-0.4, -0.2) is 50.7 Å². The quantitative estimate of drug-likeness (QED) is 0.553.